The summed E-state index contributed by atoms with van der Waals surface area (Å²) in [6, 6.07) is 4.97. The minimum Gasteiger partial charge on any atom is -0.330 e. The fraction of sp³-hybridized carbons (Fsp3) is 0.500. The van der Waals surface area contributed by atoms with E-state index in [0.717, 1.165) is 24.0 Å². The lowest BCUT2D eigenvalue weighted by Crippen LogP contribution is -2.08. The number of benzene rings is 1. The van der Waals surface area contributed by atoms with Crippen molar-refractivity contribution >= 4 is 0 Å². The normalized spacial score (nSPS) is 12.9. The van der Waals surface area contributed by atoms with Gasteiger partial charge < -0.3 is 5.73 Å². The summed E-state index contributed by atoms with van der Waals surface area (Å²) in [4.78, 5) is 0. The molecular formula is C12H18FN. The average Bonchev–Trinajstić information content (AvgIpc) is 2.12. The molecule has 1 unspecified atom stereocenters. The highest BCUT2D eigenvalue weighted by Crippen LogP contribution is 2.16. The van der Waals surface area contributed by atoms with E-state index in [1.807, 2.05) is 13.0 Å². The van der Waals surface area contributed by atoms with Crippen LogP contribution in [-0.2, 0) is 6.42 Å². The molecule has 0 aliphatic heterocycles. The molecule has 78 valence electrons. The molecule has 1 aromatic rings. The van der Waals surface area contributed by atoms with Gasteiger partial charge in [-0.2, -0.15) is 0 Å². The number of rotatable bonds is 4. The van der Waals surface area contributed by atoms with Crippen LogP contribution in [0.2, 0.25) is 0 Å². The van der Waals surface area contributed by atoms with Crippen molar-refractivity contribution in [3.8, 4) is 0 Å². The SMILES string of the molecule is Cc1ccc(F)cc1CC(C)CCN. The zero-order valence-electron chi connectivity index (χ0n) is 8.89. The highest BCUT2D eigenvalue weighted by molar-refractivity contribution is 5.26. The Morgan fingerprint density at radius 1 is 1.43 bits per heavy atom. The predicted octanol–water partition coefficient (Wildman–Crippen LogP) is 2.66. The van der Waals surface area contributed by atoms with Gasteiger partial charge >= 0.3 is 0 Å². The van der Waals surface area contributed by atoms with Gasteiger partial charge in [-0.3, -0.25) is 0 Å². The summed E-state index contributed by atoms with van der Waals surface area (Å²) in [6.45, 7) is 4.87. The molecule has 0 spiro atoms. The Balaban J connectivity index is 2.70. The van der Waals surface area contributed by atoms with Crippen molar-refractivity contribution in [2.45, 2.75) is 26.7 Å². The average molecular weight is 195 g/mol. The molecular weight excluding hydrogens is 177 g/mol. The van der Waals surface area contributed by atoms with E-state index in [9.17, 15) is 4.39 Å². The molecule has 14 heavy (non-hydrogen) atoms. The van der Waals surface area contributed by atoms with Crippen molar-refractivity contribution in [3.05, 3.63) is 35.1 Å². The Morgan fingerprint density at radius 2 is 2.14 bits per heavy atom. The lowest BCUT2D eigenvalue weighted by atomic mass is 9.95. The Hall–Kier alpha value is -0.890. The van der Waals surface area contributed by atoms with E-state index in [1.54, 1.807) is 6.07 Å². The zero-order chi connectivity index (χ0) is 10.6. The molecule has 0 amide bonds. The Bertz CT molecular complexity index is 296. The van der Waals surface area contributed by atoms with Gasteiger partial charge in [-0.25, -0.2) is 4.39 Å². The van der Waals surface area contributed by atoms with Crippen LogP contribution >= 0.6 is 0 Å². The molecule has 0 bridgehead atoms. The quantitative estimate of drug-likeness (QED) is 0.785. The largest absolute Gasteiger partial charge is 0.330 e. The zero-order valence-corrected chi connectivity index (χ0v) is 8.89. The Kier molecular flexibility index (Phi) is 4.08. The highest BCUT2D eigenvalue weighted by Gasteiger charge is 2.06. The van der Waals surface area contributed by atoms with Crippen LogP contribution in [0.25, 0.3) is 0 Å². The summed E-state index contributed by atoms with van der Waals surface area (Å²) in [7, 11) is 0. The second-order valence-corrected chi connectivity index (χ2v) is 3.96. The van der Waals surface area contributed by atoms with Gasteiger partial charge in [0.1, 0.15) is 5.82 Å². The second-order valence-electron chi connectivity index (χ2n) is 3.96. The summed E-state index contributed by atoms with van der Waals surface area (Å²) in [5.74, 6) is 0.381. The van der Waals surface area contributed by atoms with Gasteiger partial charge in [0.15, 0.2) is 0 Å². The second kappa shape index (κ2) is 5.11. The molecule has 0 aliphatic rings. The third kappa shape index (κ3) is 3.11. The third-order valence-electron chi connectivity index (χ3n) is 2.54. The number of aryl methyl sites for hydroxylation is 1. The minimum absolute atomic E-state index is 0.148. The molecule has 0 saturated heterocycles. The Labute approximate surface area is 85.1 Å². The first kappa shape index (κ1) is 11.2. The predicted molar refractivity (Wildman–Crippen MR) is 57.7 cm³/mol. The standard InChI is InChI=1S/C12H18FN/c1-9(5-6-14)7-11-8-12(13)4-3-10(11)2/h3-4,8-9H,5-7,14H2,1-2H3. The van der Waals surface area contributed by atoms with Crippen LogP contribution in [0.1, 0.15) is 24.5 Å². The van der Waals surface area contributed by atoms with Gasteiger partial charge in [0.25, 0.3) is 0 Å². The van der Waals surface area contributed by atoms with E-state index in [1.165, 1.54) is 6.07 Å². The molecule has 1 nitrogen and oxygen atoms in total. The van der Waals surface area contributed by atoms with Gasteiger partial charge in [0, 0.05) is 0 Å². The van der Waals surface area contributed by atoms with Crippen LogP contribution in [0, 0.1) is 18.7 Å². The molecule has 2 N–H and O–H groups in total. The topological polar surface area (TPSA) is 26.0 Å². The van der Waals surface area contributed by atoms with Crippen LogP contribution in [-0.4, -0.2) is 6.54 Å². The van der Waals surface area contributed by atoms with Crippen molar-refractivity contribution in [2.24, 2.45) is 11.7 Å². The van der Waals surface area contributed by atoms with Gasteiger partial charge in [-0.05, 0) is 55.5 Å². The molecule has 0 aromatic heterocycles. The van der Waals surface area contributed by atoms with Gasteiger partial charge in [-0.1, -0.05) is 13.0 Å². The number of hydrogen-bond acceptors (Lipinski definition) is 1. The molecule has 1 rings (SSSR count). The summed E-state index contributed by atoms with van der Waals surface area (Å²) in [5, 5.41) is 0. The summed E-state index contributed by atoms with van der Waals surface area (Å²) < 4.78 is 13.0. The molecule has 0 radical (unpaired) electrons. The maximum Gasteiger partial charge on any atom is 0.123 e. The molecule has 0 saturated carbocycles. The maximum atomic E-state index is 13.0. The molecule has 2 heteroatoms. The van der Waals surface area contributed by atoms with E-state index in [4.69, 9.17) is 5.73 Å². The molecule has 0 heterocycles. The number of nitrogens with two attached hydrogens (primary N) is 1. The highest BCUT2D eigenvalue weighted by atomic mass is 19.1. The van der Waals surface area contributed by atoms with Crippen LogP contribution in [0.5, 0.6) is 0 Å². The van der Waals surface area contributed by atoms with Crippen LogP contribution < -0.4 is 5.73 Å². The van der Waals surface area contributed by atoms with Crippen molar-refractivity contribution in [1.82, 2.24) is 0 Å². The van der Waals surface area contributed by atoms with Crippen LogP contribution in [0.4, 0.5) is 4.39 Å². The van der Waals surface area contributed by atoms with Crippen molar-refractivity contribution in [2.75, 3.05) is 6.54 Å². The summed E-state index contributed by atoms with van der Waals surface area (Å²) >= 11 is 0. The fourth-order valence-corrected chi connectivity index (χ4v) is 1.62. The minimum atomic E-state index is -0.148. The first-order valence-electron chi connectivity index (χ1n) is 5.08. The molecule has 1 aromatic carbocycles. The van der Waals surface area contributed by atoms with E-state index >= 15 is 0 Å². The molecule has 0 fully saturated rings. The van der Waals surface area contributed by atoms with Gasteiger partial charge in [0.05, 0.1) is 0 Å². The molecule has 1 atom stereocenters. The first-order valence-corrected chi connectivity index (χ1v) is 5.08. The Morgan fingerprint density at radius 3 is 2.79 bits per heavy atom. The van der Waals surface area contributed by atoms with Gasteiger partial charge in [0.2, 0.25) is 0 Å². The van der Waals surface area contributed by atoms with Crippen LogP contribution in [0.15, 0.2) is 18.2 Å². The lowest BCUT2D eigenvalue weighted by Gasteiger charge is -2.12. The van der Waals surface area contributed by atoms with E-state index < -0.39 is 0 Å². The smallest absolute Gasteiger partial charge is 0.123 e. The molecule has 0 aliphatic carbocycles. The van der Waals surface area contributed by atoms with E-state index in [2.05, 4.69) is 6.92 Å². The number of halogens is 1. The fourth-order valence-electron chi connectivity index (χ4n) is 1.62. The van der Waals surface area contributed by atoms with Crippen LogP contribution in [0.3, 0.4) is 0 Å². The van der Waals surface area contributed by atoms with Gasteiger partial charge in [-0.15, -0.1) is 0 Å². The van der Waals surface area contributed by atoms with E-state index in [0.29, 0.717) is 12.5 Å². The summed E-state index contributed by atoms with van der Waals surface area (Å²) in [5.41, 5.74) is 7.74. The van der Waals surface area contributed by atoms with Crippen molar-refractivity contribution in [1.29, 1.82) is 0 Å². The maximum absolute atomic E-state index is 13.0. The van der Waals surface area contributed by atoms with Crippen molar-refractivity contribution < 1.29 is 4.39 Å². The van der Waals surface area contributed by atoms with E-state index in [-0.39, 0.29) is 5.82 Å². The van der Waals surface area contributed by atoms with Crippen molar-refractivity contribution in [3.63, 3.8) is 0 Å². The first-order chi connectivity index (χ1) is 6.63. The number of hydrogen-bond donors (Lipinski definition) is 1. The summed E-state index contributed by atoms with van der Waals surface area (Å²) in [6.07, 6.45) is 1.91. The monoisotopic (exact) mass is 195 g/mol. The third-order valence-corrected chi connectivity index (χ3v) is 2.54. The lowest BCUT2D eigenvalue weighted by molar-refractivity contribution is 0.534.